The smallest absolute Gasteiger partial charge is 0.0727 e. The van der Waals surface area contributed by atoms with E-state index < -0.39 is 0 Å². The Labute approximate surface area is 731 Å². The van der Waals surface area contributed by atoms with Crippen LogP contribution in [0.4, 0.5) is 0 Å². The lowest BCUT2D eigenvalue weighted by atomic mass is 9.96. The molecule has 18 aromatic carbocycles. The number of hydrogen-bond donors (Lipinski definition) is 0. The van der Waals surface area contributed by atoms with Crippen molar-refractivity contribution < 1.29 is 0 Å². The Morgan fingerprint density at radius 1 is 0.146 bits per heavy atom. The summed E-state index contributed by atoms with van der Waals surface area (Å²) in [4.78, 5) is 0. The molecule has 0 fully saturated rings. The van der Waals surface area contributed by atoms with Gasteiger partial charge in [0.25, 0.3) is 0 Å². The molecule has 9 aromatic heterocycles. The summed E-state index contributed by atoms with van der Waals surface area (Å²) in [6.45, 7) is 0. The Hall–Kier alpha value is -14.1. The number of benzene rings is 18. The second-order valence-corrected chi connectivity index (χ2v) is 38.1. The number of para-hydroxylation sites is 6. The zero-order valence-corrected chi connectivity index (χ0v) is 71.0. The predicted octanol–water partition coefficient (Wildman–Crippen LogP) is 35.1. The van der Waals surface area contributed by atoms with E-state index in [-0.39, 0.29) is 0 Å². The van der Waals surface area contributed by atoms with Crippen LogP contribution < -0.4 is 0 Å². The van der Waals surface area contributed by atoms with Crippen LogP contribution >= 0.6 is 68.0 Å². The fourth-order valence-electron chi connectivity index (χ4n) is 18.9. The van der Waals surface area contributed by atoms with Crippen LogP contribution in [0.1, 0.15) is 0 Å². The highest BCUT2D eigenvalue weighted by molar-refractivity contribution is 7.28. The van der Waals surface area contributed by atoms with Crippen molar-refractivity contribution in [1.82, 2.24) is 13.7 Å². The number of rotatable bonds is 9. The number of aromatic nitrogens is 3. The average Bonchev–Trinajstić information content (AvgIpc) is 1.57. The number of nitrogens with zero attached hydrogens (tertiary/aromatic N) is 3. The van der Waals surface area contributed by atoms with Crippen molar-refractivity contribution in [3.63, 3.8) is 0 Å². The normalized spacial score (nSPS) is 11.9. The molecule has 0 aliphatic carbocycles. The fraction of sp³-hybridized carbons (Fsp3) is 0. The minimum Gasteiger partial charge on any atom is -0.308 e. The third-order valence-electron chi connectivity index (χ3n) is 24.7. The van der Waals surface area contributed by atoms with Gasteiger partial charge in [-0.2, -0.15) is 0 Å². The molecule has 0 amide bonds. The van der Waals surface area contributed by atoms with Gasteiger partial charge >= 0.3 is 0 Å². The largest absolute Gasteiger partial charge is 0.308 e. The van der Waals surface area contributed by atoms with Crippen LogP contribution in [0, 0.1) is 0 Å². The van der Waals surface area contributed by atoms with Gasteiger partial charge in [0.1, 0.15) is 0 Å². The van der Waals surface area contributed by atoms with Gasteiger partial charge in [-0.05, 0) is 200 Å². The Bertz CT molecular complexity index is 8840. The first-order valence-electron chi connectivity index (χ1n) is 41.6. The van der Waals surface area contributed by atoms with Gasteiger partial charge in [0.2, 0.25) is 0 Å². The maximum absolute atomic E-state index is 2.43. The van der Waals surface area contributed by atoms with Crippen LogP contribution in [-0.2, 0) is 0 Å². The monoisotopic (exact) mass is 1670 g/mol. The molecular formula is C114H69N3S6. The molecule has 27 aromatic rings. The summed E-state index contributed by atoms with van der Waals surface area (Å²) in [5.41, 5.74) is 26.3. The quantitative estimate of drug-likeness (QED) is 0.137. The molecule has 0 saturated heterocycles. The summed E-state index contributed by atoms with van der Waals surface area (Å²) < 4.78 is 23.4. The average molecular weight is 1670 g/mol. The second-order valence-electron chi connectivity index (χ2n) is 31.7. The van der Waals surface area contributed by atoms with Gasteiger partial charge in [-0.1, -0.05) is 285 Å². The van der Waals surface area contributed by atoms with Gasteiger partial charge in [0, 0.05) is 124 Å². The van der Waals surface area contributed by atoms with Crippen molar-refractivity contribution in [3.8, 4) is 83.8 Å². The third kappa shape index (κ3) is 12.0. The fourth-order valence-corrected chi connectivity index (χ4v) is 25.8. The first-order chi connectivity index (χ1) is 61.0. The van der Waals surface area contributed by atoms with Crippen molar-refractivity contribution in [2.24, 2.45) is 0 Å². The van der Waals surface area contributed by atoms with E-state index in [1.165, 1.54) is 238 Å². The summed E-state index contributed by atoms with van der Waals surface area (Å²) >= 11 is 11.3. The van der Waals surface area contributed by atoms with E-state index >= 15 is 0 Å². The number of hydrogen-bond acceptors (Lipinski definition) is 6. The van der Waals surface area contributed by atoms with Gasteiger partial charge in [-0.3, -0.25) is 0 Å². The zero-order valence-electron chi connectivity index (χ0n) is 66.1. The van der Waals surface area contributed by atoms with Crippen molar-refractivity contribution >= 4 is 222 Å². The summed E-state index contributed by atoms with van der Waals surface area (Å²) in [5, 5.41) is 15.9. The predicted molar refractivity (Wildman–Crippen MR) is 540 cm³/mol. The summed E-state index contributed by atoms with van der Waals surface area (Å²) in [6, 6.07) is 153. The second kappa shape index (κ2) is 29.4. The minimum atomic E-state index is 1.20. The van der Waals surface area contributed by atoms with Crippen molar-refractivity contribution in [1.29, 1.82) is 0 Å². The molecule has 0 spiro atoms. The molecule has 0 unspecified atom stereocenters. The van der Waals surface area contributed by atoms with Crippen LogP contribution in [0.25, 0.3) is 238 Å². The van der Waals surface area contributed by atoms with E-state index in [2.05, 4.69) is 432 Å². The third-order valence-corrected chi connectivity index (χ3v) is 31.7. The highest BCUT2D eigenvalue weighted by Gasteiger charge is 2.24. The summed E-state index contributed by atoms with van der Waals surface area (Å²) in [6.07, 6.45) is 0. The van der Waals surface area contributed by atoms with Crippen molar-refractivity contribution in [2.45, 2.75) is 0 Å². The first kappa shape index (κ1) is 71.8. The van der Waals surface area contributed by atoms with Crippen LogP contribution in [0.3, 0.4) is 0 Å². The lowest BCUT2D eigenvalue weighted by Gasteiger charge is -2.09. The van der Waals surface area contributed by atoms with Crippen molar-refractivity contribution in [3.05, 3.63) is 419 Å². The topological polar surface area (TPSA) is 14.8 Å². The summed E-state index contributed by atoms with van der Waals surface area (Å²) in [7, 11) is 0. The molecule has 0 bridgehead atoms. The van der Waals surface area contributed by atoms with E-state index in [0.29, 0.717) is 0 Å². The molecule has 3 nitrogen and oxygen atoms in total. The molecule has 123 heavy (non-hydrogen) atoms. The van der Waals surface area contributed by atoms with Crippen molar-refractivity contribution in [2.75, 3.05) is 0 Å². The lowest BCUT2D eigenvalue weighted by Crippen LogP contribution is -1.92. The van der Waals surface area contributed by atoms with Crippen LogP contribution in [0.15, 0.2) is 419 Å². The van der Waals surface area contributed by atoms with Crippen LogP contribution in [0.2, 0.25) is 0 Å². The number of thiophene rings is 6. The standard InChI is InChI=1S/3C38H23NS2/c1-2-9-27(10-3-1)39-32-14-6-4-11-29(32)38-37(39)31-23-26(21-22-34(31)41-38)24-17-19-25(20-18-24)28-13-8-16-35-36(28)30-12-5-7-15-33(30)40-35;1-2-8-28(9-3-1)39-33-12-6-4-11-31(33)38-37(39)32-22-26(19-21-35(32)41-38)24-14-16-25(17-15-24)27-18-20-30-29-10-5-7-13-34(29)40-36(30)23-27;1-2-8-28(9-3-1)39-33-12-6-4-11-30(33)38-37(39)32-23-27(19-21-36(32)41-38)25-16-14-24(15-17-25)26-18-20-35-31(22-26)29-10-5-7-13-34(29)40-35/h3*1-23H. The van der Waals surface area contributed by atoms with Gasteiger partial charge in [0.05, 0.1) is 47.2 Å². The van der Waals surface area contributed by atoms with E-state index in [4.69, 9.17) is 0 Å². The first-order valence-corrected chi connectivity index (χ1v) is 46.5. The van der Waals surface area contributed by atoms with E-state index in [1.54, 1.807) is 0 Å². The maximum atomic E-state index is 2.43. The molecule has 0 aliphatic heterocycles. The minimum absolute atomic E-state index is 1.20. The molecule has 9 heterocycles. The lowest BCUT2D eigenvalue weighted by molar-refractivity contribution is 1.19. The van der Waals surface area contributed by atoms with Crippen LogP contribution in [0.5, 0.6) is 0 Å². The van der Waals surface area contributed by atoms with Gasteiger partial charge in [-0.15, -0.1) is 68.0 Å². The van der Waals surface area contributed by atoms with E-state index in [9.17, 15) is 0 Å². The highest BCUT2D eigenvalue weighted by atomic mass is 32.1. The molecule has 0 aliphatic rings. The van der Waals surface area contributed by atoms with Gasteiger partial charge < -0.3 is 13.7 Å². The molecule has 0 saturated carbocycles. The molecular weight excluding hydrogens is 1600 g/mol. The van der Waals surface area contributed by atoms with E-state index in [1.807, 2.05) is 68.0 Å². The molecule has 9 heteroatoms. The summed E-state index contributed by atoms with van der Waals surface area (Å²) in [5.74, 6) is 0. The SMILES string of the molecule is c1ccc(-n2c3ccccc3c3sc4ccc(-c5ccc(-c6ccc7c(c6)sc6ccccc67)cc5)cc4c32)cc1.c1ccc(-n2c3ccccc3c3sc4ccc(-c5ccc(-c6ccc7sc8ccccc8c7c6)cc5)cc4c32)cc1.c1ccc(-n2c3ccccc3c3sc4ccc(-c5ccc(-c6cccc7sc8ccccc8c67)cc5)cc4c32)cc1. The maximum Gasteiger partial charge on any atom is 0.0727 e. The van der Waals surface area contributed by atoms with Gasteiger partial charge in [-0.25, -0.2) is 0 Å². The molecule has 0 N–H and O–H groups in total. The molecule has 576 valence electrons. The van der Waals surface area contributed by atoms with E-state index in [0.717, 1.165) is 0 Å². The zero-order chi connectivity index (χ0) is 80.7. The Kier molecular flexibility index (Phi) is 17.1. The van der Waals surface area contributed by atoms with Gasteiger partial charge in [0.15, 0.2) is 0 Å². The Balaban J connectivity index is 0.000000101. The highest BCUT2D eigenvalue weighted by Crippen LogP contribution is 2.50. The Morgan fingerprint density at radius 3 is 0.829 bits per heavy atom. The molecule has 27 rings (SSSR count). The number of fused-ring (bicyclic) bond motifs is 24. The molecule has 0 atom stereocenters. The Morgan fingerprint density at radius 2 is 0.415 bits per heavy atom. The van der Waals surface area contributed by atoms with Crippen LogP contribution in [-0.4, -0.2) is 13.7 Å². The molecule has 0 radical (unpaired) electrons.